The third-order valence-corrected chi connectivity index (χ3v) is 7.58. The fourth-order valence-corrected chi connectivity index (χ4v) is 6.40. The van der Waals surface area contributed by atoms with E-state index in [9.17, 15) is 13.2 Å². The van der Waals surface area contributed by atoms with Gasteiger partial charge in [0.25, 0.3) is 0 Å². The van der Waals surface area contributed by atoms with Gasteiger partial charge in [-0.05, 0) is 42.0 Å². The van der Waals surface area contributed by atoms with Crippen LogP contribution in [0.15, 0.2) is 42.5 Å². The lowest BCUT2D eigenvalue weighted by molar-refractivity contribution is -0.123. The van der Waals surface area contributed by atoms with Crippen molar-refractivity contribution < 1.29 is 27.4 Å². The molecule has 2 atom stereocenters. The molecule has 0 unspecified atom stereocenters. The maximum Gasteiger partial charge on any atom is 0.241 e. The minimum Gasteiger partial charge on any atom is -0.497 e. The van der Waals surface area contributed by atoms with Crippen LogP contribution >= 0.6 is 0 Å². The van der Waals surface area contributed by atoms with Gasteiger partial charge in [0, 0.05) is 18.3 Å². The van der Waals surface area contributed by atoms with Crippen LogP contribution in [0.25, 0.3) is 0 Å². The summed E-state index contributed by atoms with van der Waals surface area (Å²) in [6.07, 6.45) is 0. The molecular formula is C22H26N2O6S. The van der Waals surface area contributed by atoms with Crippen molar-refractivity contribution in [2.75, 3.05) is 44.3 Å². The van der Waals surface area contributed by atoms with Crippen molar-refractivity contribution >= 4 is 21.4 Å². The molecule has 0 N–H and O–H groups in total. The number of anilines is 1. The SMILES string of the molecule is COc1ccc(N2C(=O)CN(Cc3ccc(OC)c(OC)c3)[C@@H]3CS(=O)(=O)C[C@H]32)cc1. The van der Waals surface area contributed by atoms with Crippen LogP contribution in [-0.4, -0.2) is 70.7 Å². The minimum atomic E-state index is -3.26. The van der Waals surface area contributed by atoms with E-state index in [1.54, 1.807) is 50.5 Å². The van der Waals surface area contributed by atoms with Gasteiger partial charge in [0.1, 0.15) is 5.75 Å². The molecule has 2 aromatic rings. The Bertz CT molecular complexity index is 1070. The normalized spacial score (nSPS) is 22.8. The van der Waals surface area contributed by atoms with Crippen molar-refractivity contribution in [2.24, 2.45) is 0 Å². The van der Waals surface area contributed by atoms with Crippen LogP contribution in [0, 0.1) is 0 Å². The Morgan fingerprint density at radius 1 is 0.903 bits per heavy atom. The molecule has 0 bridgehead atoms. The molecule has 9 heteroatoms. The molecule has 2 heterocycles. The van der Waals surface area contributed by atoms with Gasteiger partial charge in [0.05, 0.1) is 45.4 Å². The van der Waals surface area contributed by atoms with Crippen LogP contribution in [0.3, 0.4) is 0 Å². The van der Waals surface area contributed by atoms with Gasteiger partial charge in [-0.3, -0.25) is 9.69 Å². The summed E-state index contributed by atoms with van der Waals surface area (Å²) in [6.45, 7) is 0.580. The molecule has 2 saturated heterocycles. The number of hydrogen-bond acceptors (Lipinski definition) is 7. The summed E-state index contributed by atoms with van der Waals surface area (Å²) in [5.74, 6) is 1.76. The van der Waals surface area contributed by atoms with E-state index >= 15 is 0 Å². The summed E-state index contributed by atoms with van der Waals surface area (Å²) in [4.78, 5) is 16.7. The average molecular weight is 447 g/mol. The van der Waals surface area contributed by atoms with E-state index in [4.69, 9.17) is 14.2 Å². The molecule has 2 fully saturated rings. The predicted molar refractivity (Wildman–Crippen MR) is 117 cm³/mol. The lowest BCUT2D eigenvalue weighted by atomic mass is 10.0. The van der Waals surface area contributed by atoms with Gasteiger partial charge in [-0.2, -0.15) is 0 Å². The third kappa shape index (κ3) is 4.20. The number of benzene rings is 2. The van der Waals surface area contributed by atoms with Gasteiger partial charge < -0.3 is 19.1 Å². The second-order valence-corrected chi connectivity index (χ2v) is 9.92. The van der Waals surface area contributed by atoms with Gasteiger partial charge in [-0.25, -0.2) is 8.42 Å². The zero-order valence-corrected chi connectivity index (χ0v) is 18.6. The highest BCUT2D eigenvalue weighted by Gasteiger charge is 2.49. The van der Waals surface area contributed by atoms with E-state index in [0.29, 0.717) is 29.5 Å². The lowest BCUT2D eigenvalue weighted by Crippen LogP contribution is -2.61. The molecule has 4 rings (SSSR count). The number of amides is 1. The van der Waals surface area contributed by atoms with E-state index in [-0.39, 0.29) is 30.0 Å². The zero-order chi connectivity index (χ0) is 22.2. The zero-order valence-electron chi connectivity index (χ0n) is 17.8. The molecule has 0 spiro atoms. The second-order valence-electron chi connectivity index (χ2n) is 7.77. The van der Waals surface area contributed by atoms with E-state index in [0.717, 1.165) is 5.56 Å². The molecule has 8 nitrogen and oxygen atoms in total. The van der Waals surface area contributed by atoms with E-state index < -0.39 is 15.9 Å². The van der Waals surface area contributed by atoms with Crippen LogP contribution in [0.5, 0.6) is 17.2 Å². The molecule has 31 heavy (non-hydrogen) atoms. The fourth-order valence-electron chi connectivity index (χ4n) is 4.42. The molecule has 2 aliphatic heterocycles. The number of methoxy groups -OCH3 is 3. The van der Waals surface area contributed by atoms with Crippen LogP contribution in [0.4, 0.5) is 5.69 Å². The summed E-state index contributed by atoms with van der Waals surface area (Å²) in [5.41, 5.74) is 1.61. The number of ether oxygens (including phenoxy) is 3. The number of carbonyl (C=O) groups is 1. The number of sulfone groups is 1. The first-order valence-electron chi connectivity index (χ1n) is 9.96. The maximum absolute atomic E-state index is 13.1. The van der Waals surface area contributed by atoms with Gasteiger partial charge in [-0.1, -0.05) is 6.07 Å². The Hall–Kier alpha value is -2.78. The largest absolute Gasteiger partial charge is 0.497 e. The molecule has 0 aromatic heterocycles. The Kier molecular flexibility index (Phi) is 5.81. The lowest BCUT2D eigenvalue weighted by Gasteiger charge is -2.43. The van der Waals surface area contributed by atoms with Crippen LogP contribution in [0.2, 0.25) is 0 Å². The number of hydrogen-bond donors (Lipinski definition) is 0. The Balaban J connectivity index is 1.63. The van der Waals surface area contributed by atoms with Crippen LogP contribution < -0.4 is 19.1 Å². The van der Waals surface area contributed by atoms with Crippen LogP contribution in [-0.2, 0) is 21.2 Å². The first-order valence-corrected chi connectivity index (χ1v) is 11.8. The Labute approximate surface area is 182 Å². The highest BCUT2D eigenvalue weighted by Crippen LogP contribution is 2.34. The quantitative estimate of drug-likeness (QED) is 0.668. The van der Waals surface area contributed by atoms with Gasteiger partial charge in [0.2, 0.25) is 5.91 Å². The summed E-state index contributed by atoms with van der Waals surface area (Å²) in [7, 11) is 1.46. The van der Waals surface area contributed by atoms with E-state index in [1.165, 1.54) is 0 Å². The van der Waals surface area contributed by atoms with Gasteiger partial charge in [-0.15, -0.1) is 0 Å². The summed E-state index contributed by atoms with van der Waals surface area (Å²) < 4.78 is 40.9. The van der Waals surface area contributed by atoms with Crippen molar-refractivity contribution in [1.29, 1.82) is 0 Å². The van der Waals surface area contributed by atoms with E-state index in [2.05, 4.69) is 0 Å². The fraction of sp³-hybridized carbons (Fsp3) is 0.409. The highest BCUT2D eigenvalue weighted by atomic mass is 32.2. The third-order valence-electron chi connectivity index (χ3n) is 5.89. The van der Waals surface area contributed by atoms with Crippen molar-refractivity contribution in [1.82, 2.24) is 4.90 Å². The maximum atomic E-state index is 13.1. The molecule has 1 amide bonds. The molecule has 2 aliphatic rings. The molecule has 0 aliphatic carbocycles. The van der Waals surface area contributed by atoms with Crippen LogP contribution in [0.1, 0.15) is 5.56 Å². The predicted octanol–water partition coefficient (Wildman–Crippen LogP) is 1.73. The molecule has 0 saturated carbocycles. The van der Waals surface area contributed by atoms with Crippen molar-refractivity contribution in [3.63, 3.8) is 0 Å². The average Bonchev–Trinajstić information content (AvgIpc) is 3.09. The van der Waals surface area contributed by atoms with Crippen molar-refractivity contribution in [2.45, 2.75) is 18.6 Å². The molecular weight excluding hydrogens is 420 g/mol. The van der Waals surface area contributed by atoms with Crippen molar-refractivity contribution in [3.8, 4) is 17.2 Å². The molecule has 0 radical (unpaired) electrons. The standard InChI is InChI=1S/C22H26N2O6S/c1-28-17-7-5-16(6-8-17)24-19-14-31(26,27)13-18(19)23(12-22(24)25)11-15-4-9-20(29-2)21(10-15)30-3/h4-10,18-19H,11-14H2,1-3H3/t18-,19-/m1/s1. The first kappa shape index (κ1) is 21.5. The second kappa shape index (κ2) is 8.39. The molecule has 166 valence electrons. The Morgan fingerprint density at radius 2 is 1.58 bits per heavy atom. The Morgan fingerprint density at radius 3 is 2.23 bits per heavy atom. The highest BCUT2D eigenvalue weighted by molar-refractivity contribution is 7.91. The monoisotopic (exact) mass is 446 g/mol. The van der Waals surface area contributed by atoms with Gasteiger partial charge >= 0.3 is 0 Å². The smallest absolute Gasteiger partial charge is 0.241 e. The summed E-state index contributed by atoms with van der Waals surface area (Å²) in [6, 6.07) is 12.0. The number of nitrogens with zero attached hydrogens (tertiary/aromatic N) is 2. The summed E-state index contributed by atoms with van der Waals surface area (Å²) in [5, 5.41) is 0. The van der Waals surface area contributed by atoms with E-state index in [1.807, 2.05) is 23.1 Å². The number of piperazine rings is 1. The number of carbonyl (C=O) groups excluding carboxylic acids is 1. The topological polar surface area (TPSA) is 85.4 Å². The minimum absolute atomic E-state index is 0.0326. The molecule has 2 aromatic carbocycles. The number of rotatable bonds is 6. The number of fused-ring (bicyclic) bond motifs is 1. The van der Waals surface area contributed by atoms with Crippen molar-refractivity contribution in [3.05, 3.63) is 48.0 Å². The summed E-state index contributed by atoms with van der Waals surface area (Å²) >= 11 is 0. The first-order chi connectivity index (χ1) is 14.8. The van der Waals surface area contributed by atoms with Gasteiger partial charge in [0.15, 0.2) is 21.3 Å².